The van der Waals surface area contributed by atoms with Gasteiger partial charge in [-0.3, -0.25) is 0 Å². The van der Waals surface area contributed by atoms with Crippen LogP contribution in [0.2, 0.25) is 5.02 Å². The highest BCUT2D eigenvalue weighted by Gasteiger charge is 2.16. The molecule has 0 saturated heterocycles. The highest BCUT2D eigenvalue weighted by molar-refractivity contribution is 6.32. The van der Waals surface area contributed by atoms with Crippen LogP contribution >= 0.6 is 24.0 Å². The molecular formula is C20H27Cl2NO5. The van der Waals surface area contributed by atoms with Crippen LogP contribution in [0.1, 0.15) is 24.2 Å². The zero-order chi connectivity index (χ0) is 20.0. The Morgan fingerprint density at radius 3 is 2.25 bits per heavy atom. The molecule has 0 heterocycles. The lowest BCUT2D eigenvalue weighted by Gasteiger charge is -2.19. The normalized spacial score (nSPS) is 12.6. The molecule has 2 atom stereocenters. The first kappa shape index (κ1) is 24.2. The van der Waals surface area contributed by atoms with Crippen molar-refractivity contribution >= 4 is 24.0 Å². The minimum atomic E-state index is -0.787. The zero-order valence-corrected chi connectivity index (χ0v) is 17.9. The molecule has 0 saturated carbocycles. The molecule has 0 bridgehead atoms. The maximum absolute atomic E-state index is 10.4. The van der Waals surface area contributed by atoms with E-state index in [4.69, 9.17) is 25.8 Å². The number of nitrogens with one attached hydrogen (secondary N) is 1. The largest absolute Gasteiger partial charge is 0.503 e. The monoisotopic (exact) mass is 431 g/mol. The Labute approximate surface area is 176 Å². The molecule has 0 aliphatic rings. The van der Waals surface area contributed by atoms with E-state index >= 15 is 0 Å². The van der Waals surface area contributed by atoms with Gasteiger partial charge in [0, 0.05) is 12.6 Å². The van der Waals surface area contributed by atoms with E-state index in [0.717, 1.165) is 12.0 Å². The molecule has 2 aromatic carbocycles. The molecule has 0 radical (unpaired) electrons. The second-order valence-corrected chi connectivity index (χ2v) is 6.68. The van der Waals surface area contributed by atoms with Crippen LogP contribution in [0.3, 0.4) is 0 Å². The van der Waals surface area contributed by atoms with E-state index in [0.29, 0.717) is 23.6 Å². The average Bonchev–Trinajstić information content (AvgIpc) is 2.67. The second-order valence-electron chi connectivity index (χ2n) is 6.27. The van der Waals surface area contributed by atoms with Gasteiger partial charge in [0.2, 0.25) is 0 Å². The van der Waals surface area contributed by atoms with E-state index in [-0.39, 0.29) is 35.0 Å². The number of ether oxygens (including phenoxy) is 3. The molecule has 0 aliphatic heterocycles. The van der Waals surface area contributed by atoms with Crippen LogP contribution < -0.4 is 19.5 Å². The smallest absolute Gasteiger partial charge is 0.176 e. The molecule has 6 nitrogen and oxygen atoms in total. The predicted octanol–water partition coefficient (Wildman–Crippen LogP) is 3.75. The van der Waals surface area contributed by atoms with Crippen molar-refractivity contribution in [2.24, 2.45) is 0 Å². The fourth-order valence-electron chi connectivity index (χ4n) is 2.81. The number of rotatable bonds is 9. The SMILES string of the molecule is COc1ccc(CC(C)NCC(O)c2cc(Cl)c(O)c(OC)c2)cc1OC.Cl. The van der Waals surface area contributed by atoms with E-state index in [1.807, 2.05) is 25.1 Å². The molecule has 2 rings (SSSR count). The molecule has 3 N–H and O–H groups in total. The Hall–Kier alpha value is -1.86. The molecule has 0 fully saturated rings. The third-order valence-electron chi connectivity index (χ3n) is 4.30. The van der Waals surface area contributed by atoms with Gasteiger partial charge in [-0.2, -0.15) is 0 Å². The minimum Gasteiger partial charge on any atom is -0.503 e. The maximum atomic E-state index is 10.4. The van der Waals surface area contributed by atoms with Gasteiger partial charge in [0.1, 0.15) is 0 Å². The number of halogens is 2. The zero-order valence-electron chi connectivity index (χ0n) is 16.4. The Morgan fingerprint density at radius 2 is 1.64 bits per heavy atom. The fraction of sp³-hybridized carbons (Fsp3) is 0.400. The summed E-state index contributed by atoms with van der Waals surface area (Å²) in [5, 5.41) is 23.7. The highest BCUT2D eigenvalue weighted by Crippen LogP contribution is 2.36. The summed E-state index contributed by atoms with van der Waals surface area (Å²) in [6.07, 6.45) is -0.0305. The molecule has 2 unspecified atom stereocenters. The molecule has 0 aliphatic carbocycles. The van der Waals surface area contributed by atoms with Gasteiger partial charge in [0.15, 0.2) is 23.0 Å². The molecule has 0 aromatic heterocycles. The second kappa shape index (κ2) is 11.2. The first-order chi connectivity index (χ1) is 12.9. The lowest BCUT2D eigenvalue weighted by molar-refractivity contribution is 0.170. The number of aliphatic hydroxyl groups is 1. The Balaban J connectivity index is 0.00000392. The Bertz CT molecular complexity index is 773. The van der Waals surface area contributed by atoms with Gasteiger partial charge in [-0.25, -0.2) is 0 Å². The molecular weight excluding hydrogens is 405 g/mol. The number of hydrogen-bond acceptors (Lipinski definition) is 6. The van der Waals surface area contributed by atoms with Gasteiger partial charge >= 0.3 is 0 Å². The van der Waals surface area contributed by atoms with Crippen molar-refractivity contribution in [3.63, 3.8) is 0 Å². The van der Waals surface area contributed by atoms with Crippen molar-refractivity contribution in [1.29, 1.82) is 0 Å². The summed E-state index contributed by atoms with van der Waals surface area (Å²) in [5.74, 6) is 1.48. The molecule has 0 amide bonds. The van der Waals surface area contributed by atoms with Crippen molar-refractivity contribution in [1.82, 2.24) is 5.32 Å². The summed E-state index contributed by atoms with van der Waals surface area (Å²) in [4.78, 5) is 0. The van der Waals surface area contributed by atoms with Crippen LogP contribution in [0.25, 0.3) is 0 Å². The summed E-state index contributed by atoms with van der Waals surface area (Å²) < 4.78 is 15.6. The summed E-state index contributed by atoms with van der Waals surface area (Å²) in [6.45, 7) is 2.37. The van der Waals surface area contributed by atoms with Gasteiger partial charge in [0.25, 0.3) is 0 Å². The standard InChI is InChI=1S/C20H26ClNO5.ClH/c1-12(7-13-5-6-17(25-2)18(8-13)26-3)22-11-16(23)14-9-15(21)20(24)19(10-14)27-4;/h5-6,8-10,12,16,22-24H,7,11H2,1-4H3;1H. The van der Waals surface area contributed by atoms with Crippen LogP contribution in [0.15, 0.2) is 30.3 Å². The van der Waals surface area contributed by atoms with Crippen molar-refractivity contribution in [2.75, 3.05) is 27.9 Å². The fourth-order valence-corrected chi connectivity index (χ4v) is 3.02. The van der Waals surface area contributed by atoms with Gasteiger partial charge in [0.05, 0.1) is 32.5 Å². The van der Waals surface area contributed by atoms with E-state index in [1.165, 1.54) is 13.2 Å². The average molecular weight is 432 g/mol. The highest BCUT2D eigenvalue weighted by atomic mass is 35.5. The van der Waals surface area contributed by atoms with Crippen molar-refractivity contribution in [2.45, 2.75) is 25.5 Å². The van der Waals surface area contributed by atoms with Crippen LogP contribution in [0.4, 0.5) is 0 Å². The van der Waals surface area contributed by atoms with E-state index in [2.05, 4.69) is 5.32 Å². The van der Waals surface area contributed by atoms with Crippen LogP contribution in [-0.4, -0.2) is 44.1 Å². The van der Waals surface area contributed by atoms with E-state index in [1.54, 1.807) is 20.3 Å². The minimum absolute atomic E-state index is 0. The molecule has 0 spiro atoms. The van der Waals surface area contributed by atoms with Crippen LogP contribution in [0, 0.1) is 0 Å². The maximum Gasteiger partial charge on any atom is 0.176 e. The van der Waals surface area contributed by atoms with Gasteiger partial charge in [-0.05, 0) is 48.7 Å². The third-order valence-corrected chi connectivity index (χ3v) is 4.59. The molecule has 28 heavy (non-hydrogen) atoms. The van der Waals surface area contributed by atoms with Crippen molar-refractivity contribution in [3.8, 4) is 23.0 Å². The van der Waals surface area contributed by atoms with Crippen LogP contribution in [-0.2, 0) is 6.42 Å². The first-order valence-corrected chi connectivity index (χ1v) is 8.96. The number of methoxy groups -OCH3 is 3. The third kappa shape index (κ3) is 6.07. The Kier molecular flexibility index (Phi) is 9.69. The van der Waals surface area contributed by atoms with Crippen molar-refractivity contribution in [3.05, 3.63) is 46.5 Å². The number of phenolic OH excluding ortho intramolecular Hbond substituents is 1. The molecule has 156 valence electrons. The van der Waals surface area contributed by atoms with Crippen molar-refractivity contribution < 1.29 is 24.4 Å². The predicted molar refractivity (Wildman–Crippen MR) is 113 cm³/mol. The number of hydrogen-bond donors (Lipinski definition) is 3. The summed E-state index contributed by atoms with van der Waals surface area (Å²) in [6, 6.07) is 9.03. The number of benzene rings is 2. The summed E-state index contributed by atoms with van der Waals surface area (Å²) in [7, 11) is 4.65. The van der Waals surface area contributed by atoms with E-state index in [9.17, 15) is 10.2 Å². The molecule has 8 heteroatoms. The number of phenols is 1. The van der Waals surface area contributed by atoms with Crippen LogP contribution in [0.5, 0.6) is 23.0 Å². The lowest BCUT2D eigenvalue weighted by Crippen LogP contribution is -2.32. The van der Waals surface area contributed by atoms with Gasteiger partial charge in [-0.15, -0.1) is 12.4 Å². The van der Waals surface area contributed by atoms with Gasteiger partial charge in [-0.1, -0.05) is 17.7 Å². The first-order valence-electron chi connectivity index (χ1n) is 8.58. The number of aliphatic hydroxyl groups excluding tert-OH is 1. The Morgan fingerprint density at radius 1 is 1.00 bits per heavy atom. The van der Waals surface area contributed by atoms with E-state index < -0.39 is 6.10 Å². The number of aromatic hydroxyl groups is 1. The topological polar surface area (TPSA) is 80.2 Å². The summed E-state index contributed by atoms with van der Waals surface area (Å²) >= 11 is 5.98. The quantitative estimate of drug-likeness (QED) is 0.560. The lowest BCUT2D eigenvalue weighted by atomic mass is 10.0. The molecule has 2 aromatic rings. The summed E-state index contributed by atoms with van der Waals surface area (Å²) in [5.41, 5.74) is 1.66. The van der Waals surface area contributed by atoms with Gasteiger partial charge < -0.3 is 29.7 Å².